The molecule has 2 aliphatic heterocycles. The van der Waals surface area contributed by atoms with Gasteiger partial charge in [-0.1, -0.05) is 12.8 Å². The van der Waals surface area contributed by atoms with Crippen molar-refractivity contribution < 1.29 is 9.47 Å². The minimum absolute atomic E-state index is 0.318. The Labute approximate surface area is 156 Å². The molecule has 1 unspecified atom stereocenters. The third-order valence-corrected chi connectivity index (χ3v) is 7.03. The lowest BCUT2D eigenvalue weighted by molar-refractivity contribution is 0.00522. The summed E-state index contributed by atoms with van der Waals surface area (Å²) in [5, 5.41) is 9.38. The van der Waals surface area contributed by atoms with Gasteiger partial charge in [-0.05, 0) is 44.9 Å². The lowest BCUT2D eigenvalue weighted by Crippen LogP contribution is -2.44. The summed E-state index contributed by atoms with van der Waals surface area (Å²) >= 11 is 0. The van der Waals surface area contributed by atoms with Crippen LogP contribution in [0.4, 0.5) is 5.95 Å². The number of anilines is 1. The first-order chi connectivity index (χ1) is 12.8. The van der Waals surface area contributed by atoms with E-state index >= 15 is 0 Å². The molecule has 6 nitrogen and oxygen atoms in total. The van der Waals surface area contributed by atoms with Crippen molar-refractivity contribution >= 4 is 5.95 Å². The van der Waals surface area contributed by atoms with Crippen LogP contribution in [0.25, 0.3) is 0 Å². The van der Waals surface area contributed by atoms with E-state index in [2.05, 4.69) is 14.6 Å². The lowest BCUT2D eigenvalue weighted by Gasteiger charge is -2.43. The molecule has 1 aromatic heterocycles. The van der Waals surface area contributed by atoms with E-state index in [-0.39, 0.29) is 0 Å². The molecule has 0 aromatic carbocycles. The van der Waals surface area contributed by atoms with Gasteiger partial charge < -0.3 is 14.4 Å². The van der Waals surface area contributed by atoms with Gasteiger partial charge in [0.05, 0.1) is 25.9 Å². The highest BCUT2D eigenvalue weighted by atomic mass is 16.5. The largest absolute Gasteiger partial charge is 0.379 e. The zero-order valence-electron chi connectivity index (χ0n) is 15.9. The van der Waals surface area contributed by atoms with Crippen LogP contribution in [-0.2, 0) is 16.0 Å². The zero-order valence-corrected chi connectivity index (χ0v) is 15.9. The molecule has 1 spiro atoms. The van der Waals surface area contributed by atoms with Gasteiger partial charge in [0.2, 0.25) is 5.95 Å². The summed E-state index contributed by atoms with van der Waals surface area (Å²) in [6, 6.07) is 0. The summed E-state index contributed by atoms with van der Waals surface area (Å²) in [6.07, 6.45) is 11.7. The van der Waals surface area contributed by atoms with E-state index in [0.29, 0.717) is 17.4 Å². The third-order valence-electron chi connectivity index (χ3n) is 7.03. The minimum Gasteiger partial charge on any atom is -0.379 e. The summed E-state index contributed by atoms with van der Waals surface area (Å²) in [4.78, 5) is 2.46. The van der Waals surface area contributed by atoms with E-state index in [1.807, 2.05) is 0 Å². The molecule has 5 rings (SSSR count). The second-order valence-electron chi connectivity index (χ2n) is 8.91. The van der Waals surface area contributed by atoms with Crippen molar-refractivity contribution in [2.45, 2.75) is 76.4 Å². The van der Waals surface area contributed by atoms with Crippen LogP contribution < -0.4 is 4.90 Å². The second-order valence-corrected chi connectivity index (χ2v) is 8.91. The summed E-state index contributed by atoms with van der Waals surface area (Å²) in [5.41, 5.74) is 0.352. The van der Waals surface area contributed by atoms with E-state index in [0.717, 1.165) is 51.8 Å². The van der Waals surface area contributed by atoms with Gasteiger partial charge in [-0.3, -0.25) is 4.57 Å². The fourth-order valence-electron chi connectivity index (χ4n) is 4.98. The minimum atomic E-state index is 0.318. The fraction of sp³-hybridized carbons (Fsp3) is 0.900. The maximum Gasteiger partial charge on any atom is 0.227 e. The molecular weight excluding hydrogens is 328 g/mol. The highest BCUT2D eigenvalue weighted by molar-refractivity contribution is 5.34. The molecule has 1 atom stereocenters. The van der Waals surface area contributed by atoms with Crippen molar-refractivity contribution in [2.75, 3.05) is 37.8 Å². The monoisotopic (exact) mass is 360 g/mol. The maximum atomic E-state index is 6.06. The molecule has 0 amide bonds. The normalized spacial score (nSPS) is 29.2. The quantitative estimate of drug-likeness (QED) is 0.826. The summed E-state index contributed by atoms with van der Waals surface area (Å²) in [7, 11) is 0. The van der Waals surface area contributed by atoms with Gasteiger partial charge in [0, 0.05) is 31.0 Å². The lowest BCUT2D eigenvalue weighted by atomic mass is 9.69. The Kier molecular flexibility index (Phi) is 4.65. The molecule has 0 bridgehead atoms. The summed E-state index contributed by atoms with van der Waals surface area (Å²) < 4.78 is 14.4. The van der Waals surface area contributed by atoms with Crippen LogP contribution in [0.15, 0.2) is 0 Å². The van der Waals surface area contributed by atoms with E-state index in [1.54, 1.807) is 0 Å². The molecule has 6 heteroatoms. The number of aromatic nitrogens is 3. The average Bonchev–Trinajstić information content (AvgIpc) is 2.84. The van der Waals surface area contributed by atoms with E-state index in [4.69, 9.17) is 14.6 Å². The predicted octanol–water partition coefficient (Wildman–Crippen LogP) is 3.12. The SMILES string of the molecule is C1CCC(Cn2c(C3CCC3)nnc2N2CCOCC3(CCC3)C2)OC1. The van der Waals surface area contributed by atoms with Gasteiger partial charge >= 0.3 is 0 Å². The molecule has 0 radical (unpaired) electrons. The van der Waals surface area contributed by atoms with E-state index in [9.17, 15) is 0 Å². The van der Waals surface area contributed by atoms with Crippen molar-refractivity contribution in [1.29, 1.82) is 0 Å². The molecule has 3 heterocycles. The highest BCUT2D eigenvalue weighted by Crippen LogP contribution is 2.44. The topological polar surface area (TPSA) is 52.4 Å². The Hall–Kier alpha value is -1.14. The van der Waals surface area contributed by atoms with Crippen molar-refractivity contribution in [1.82, 2.24) is 14.8 Å². The molecular formula is C20H32N4O2. The van der Waals surface area contributed by atoms with Crippen molar-refractivity contribution in [3.63, 3.8) is 0 Å². The van der Waals surface area contributed by atoms with Crippen LogP contribution in [0.2, 0.25) is 0 Å². The third kappa shape index (κ3) is 3.15. The van der Waals surface area contributed by atoms with Gasteiger partial charge in [-0.2, -0.15) is 0 Å². The van der Waals surface area contributed by atoms with E-state index in [1.165, 1.54) is 57.2 Å². The first kappa shape index (κ1) is 17.0. The standard InChI is InChI=1S/C20H32N4O2/c1-2-11-26-17(7-1)13-24-18(16-5-3-6-16)21-22-19(24)23-10-12-25-15-20(14-23)8-4-9-20/h16-17H,1-15H2. The highest BCUT2D eigenvalue weighted by Gasteiger charge is 2.41. The Morgan fingerprint density at radius 3 is 2.62 bits per heavy atom. The van der Waals surface area contributed by atoms with Crippen LogP contribution in [0.1, 0.15) is 69.5 Å². The van der Waals surface area contributed by atoms with Crippen molar-refractivity contribution in [3.05, 3.63) is 5.82 Å². The fourth-order valence-corrected chi connectivity index (χ4v) is 4.98. The van der Waals surface area contributed by atoms with Gasteiger partial charge in [-0.15, -0.1) is 10.2 Å². The Bertz CT molecular complexity index is 617. The number of rotatable bonds is 4. The molecule has 4 fully saturated rings. The van der Waals surface area contributed by atoms with Crippen LogP contribution >= 0.6 is 0 Å². The van der Waals surface area contributed by atoms with Crippen molar-refractivity contribution in [3.8, 4) is 0 Å². The van der Waals surface area contributed by atoms with Gasteiger partial charge in [0.25, 0.3) is 0 Å². The molecule has 0 N–H and O–H groups in total. The number of hydrogen-bond donors (Lipinski definition) is 0. The molecule has 2 saturated carbocycles. The molecule has 2 aliphatic carbocycles. The van der Waals surface area contributed by atoms with Crippen LogP contribution in [0.5, 0.6) is 0 Å². The number of ether oxygens (including phenoxy) is 2. The zero-order chi connectivity index (χ0) is 17.4. The predicted molar refractivity (Wildman–Crippen MR) is 99.5 cm³/mol. The van der Waals surface area contributed by atoms with Gasteiger partial charge in [-0.25, -0.2) is 0 Å². The maximum absolute atomic E-state index is 6.06. The Morgan fingerprint density at radius 2 is 1.92 bits per heavy atom. The molecule has 2 saturated heterocycles. The Morgan fingerprint density at radius 1 is 1.00 bits per heavy atom. The molecule has 26 heavy (non-hydrogen) atoms. The first-order valence-corrected chi connectivity index (χ1v) is 10.7. The average molecular weight is 361 g/mol. The molecule has 4 aliphatic rings. The number of hydrogen-bond acceptors (Lipinski definition) is 5. The van der Waals surface area contributed by atoms with E-state index < -0.39 is 0 Å². The smallest absolute Gasteiger partial charge is 0.227 e. The van der Waals surface area contributed by atoms with Gasteiger partial charge in [0.1, 0.15) is 5.82 Å². The summed E-state index contributed by atoms with van der Waals surface area (Å²) in [5.74, 6) is 2.87. The van der Waals surface area contributed by atoms with Crippen LogP contribution in [-0.4, -0.2) is 53.8 Å². The van der Waals surface area contributed by atoms with Crippen LogP contribution in [0.3, 0.4) is 0 Å². The van der Waals surface area contributed by atoms with Crippen LogP contribution in [0, 0.1) is 5.41 Å². The molecule has 1 aromatic rings. The number of nitrogens with zero attached hydrogens (tertiary/aromatic N) is 4. The van der Waals surface area contributed by atoms with Crippen molar-refractivity contribution in [2.24, 2.45) is 5.41 Å². The first-order valence-electron chi connectivity index (χ1n) is 10.7. The summed E-state index contributed by atoms with van der Waals surface area (Å²) in [6.45, 7) is 5.53. The molecule has 144 valence electrons. The Balaban J connectivity index is 1.42. The second kappa shape index (κ2) is 7.12. The van der Waals surface area contributed by atoms with Gasteiger partial charge in [0.15, 0.2) is 0 Å².